The highest BCUT2D eigenvalue weighted by Crippen LogP contribution is 2.36. The van der Waals surface area contributed by atoms with Crippen LogP contribution in [0.15, 0.2) is 28.9 Å². The molecule has 0 aliphatic carbocycles. The fourth-order valence-electron chi connectivity index (χ4n) is 2.62. The van der Waals surface area contributed by atoms with Gasteiger partial charge in [0.15, 0.2) is 0 Å². The summed E-state index contributed by atoms with van der Waals surface area (Å²) in [4.78, 5) is 8.19. The first-order chi connectivity index (χ1) is 9.63. The monoisotopic (exact) mass is 332 g/mol. The van der Waals surface area contributed by atoms with Gasteiger partial charge in [-0.25, -0.2) is 4.98 Å². The number of hydrogen-bond acceptors (Lipinski definition) is 2. The van der Waals surface area contributed by atoms with Crippen molar-refractivity contribution in [1.29, 1.82) is 0 Å². The summed E-state index contributed by atoms with van der Waals surface area (Å²) in [6.45, 7) is 2.68. The molecule has 0 spiro atoms. The van der Waals surface area contributed by atoms with Crippen molar-refractivity contribution < 1.29 is 0 Å². The SMILES string of the molecule is Cc1[nH]c2ccccc2c1-c1nc(CCN)n(C)c1Br. The number of nitrogens with one attached hydrogen (secondary N) is 1. The molecule has 3 aromatic rings. The van der Waals surface area contributed by atoms with Crippen molar-refractivity contribution in [2.24, 2.45) is 12.8 Å². The Morgan fingerprint density at radius 2 is 2.10 bits per heavy atom. The second-order valence-electron chi connectivity index (χ2n) is 4.94. The summed E-state index contributed by atoms with van der Waals surface area (Å²) in [6, 6.07) is 8.30. The van der Waals surface area contributed by atoms with Gasteiger partial charge >= 0.3 is 0 Å². The predicted octanol–water partition coefficient (Wildman–Crippen LogP) is 3.14. The number of halogens is 1. The first kappa shape index (κ1) is 13.4. The number of hydrogen-bond donors (Lipinski definition) is 2. The van der Waals surface area contributed by atoms with Crippen LogP contribution in [0.5, 0.6) is 0 Å². The smallest absolute Gasteiger partial charge is 0.112 e. The van der Waals surface area contributed by atoms with E-state index >= 15 is 0 Å². The largest absolute Gasteiger partial charge is 0.358 e. The summed E-state index contributed by atoms with van der Waals surface area (Å²) in [6.07, 6.45) is 0.774. The molecule has 2 aromatic heterocycles. The molecule has 0 aliphatic heterocycles. The lowest BCUT2D eigenvalue weighted by Crippen LogP contribution is -2.07. The molecule has 0 amide bonds. The fraction of sp³-hybridized carbons (Fsp3) is 0.267. The molecule has 4 nitrogen and oxygen atoms in total. The first-order valence-corrected chi connectivity index (χ1v) is 7.41. The zero-order chi connectivity index (χ0) is 14.3. The van der Waals surface area contributed by atoms with Crippen LogP contribution in [0.1, 0.15) is 11.5 Å². The van der Waals surface area contributed by atoms with Crippen LogP contribution >= 0.6 is 15.9 Å². The van der Waals surface area contributed by atoms with E-state index < -0.39 is 0 Å². The van der Waals surface area contributed by atoms with Crippen LogP contribution in [0, 0.1) is 6.92 Å². The Hall–Kier alpha value is -1.59. The van der Waals surface area contributed by atoms with Crippen LogP contribution in [0.4, 0.5) is 0 Å². The van der Waals surface area contributed by atoms with E-state index in [9.17, 15) is 0 Å². The number of aromatic amines is 1. The van der Waals surface area contributed by atoms with Gasteiger partial charge in [0.2, 0.25) is 0 Å². The Labute approximate surface area is 126 Å². The van der Waals surface area contributed by atoms with Crippen molar-refractivity contribution in [3.63, 3.8) is 0 Å². The summed E-state index contributed by atoms with van der Waals surface area (Å²) in [5.74, 6) is 0.999. The first-order valence-electron chi connectivity index (χ1n) is 6.62. The van der Waals surface area contributed by atoms with Gasteiger partial charge in [-0.05, 0) is 35.5 Å². The Kier molecular flexibility index (Phi) is 3.40. The third-order valence-electron chi connectivity index (χ3n) is 3.62. The average Bonchev–Trinajstić information content (AvgIpc) is 2.90. The third-order valence-corrected chi connectivity index (χ3v) is 4.52. The molecular formula is C15H17BrN4. The molecule has 0 saturated carbocycles. The van der Waals surface area contributed by atoms with Crippen LogP contribution in [0.2, 0.25) is 0 Å². The molecule has 0 fully saturated rings. The Balaban J connectivity index is 2.26. The number of rotatable bonds is 3. The number of benzene rings is 1. The van der Waals surface area contributed by atoms with Gasteiger partial charge in [0, 0.05) is 35.6 Å². The highest BCUT2D eigenvalue weighted by atomic mass is 79.9. The van der Waals surface area contributed by atoms with Gasteiger partial charge in [0.1, 0.15) is 16.1 Å². The average molecular weight is 333 g/mol. The van der Waals surface area contributed by atoms with Gasteiger partial charge in [-0.2, -0.15) is 0 Å². The zero-order valence-electron chi connectivity index (χ0n) is 11.6. The van der Waals surface area contributed by atoms with Crippen molar-refractivity contribution in [3.05, 3.63) is 40.4 Å². The van der Waals surface area contributed by atoms with E-state index in [4.69, 9.17) is 10.7 Å². The van der Waals surface area contributed by atoms with Crippen LogP contribution in [0.25, 0.3) is 22.2 Å². The number of imidazole rings is 1. The van der Waals surface area contributed by atoms with E-state index in [1.807, 2.05) is 13.1 Å². The summed E-state index contributed by atoms with van der Waals surface area (Å²) in [5, 5.41) is 1.20. The molecule has 3 N–H and O–H groups in total. The highest BCUT2D eigenvalue weighted by molar-refractivity contribution is 9.10. The molecule has 20 heavy (non-hydrogen) atoms. The second-order valence-corrected chi connectivity index (χ2v) is 5.69. The number of fused-ring (bicyclic) bond motifs is 1. The van der Waals surface area contributed by atoms with E-state index in [-0.39, 0.29) is 0 Å². The molecule has 104 valence electrons. The van der Waals surface area contributed by atoms with Gasteiger partial charge in [-0.15, -0.1) is 0 Å². The van der Waals surface area contributed by atoms with Crippen molar-refractivity contribution in [2.75, 3.05) is 6.54 Å². The molecule has 0 saturated heterocycles. The van der Waals surface area contributed by atoms with E-state index in [1.54, 1.807) is 0 Å². The minimum Gasteiger partial charge on any atom is -0.358 e. The number of aromatic nitrogens is 3. The third kappa shape index (κ3) is 1.98. The molecule has 0 unspecified atom stereocenters. The number of H-pyrrole nitrogens is 1. The second kappa shape index (κ2) is 5.07. The molecule has 0 radical (unpaired) electrons. The van der Waals surface area contributed by atoms with E-state index in [2.05, 4.69) is 50.6 Å². The minimum absolute atomic E-state index is 0.601. The normalized spacial score (nSPS) is 11.4. The van der Waals surface area contributed by atoms with Gasteiger partial charge in [0.05, 0.1) is 0 Å². The number of nitrogens with two attached hydrogens (primary N) is 1. The zero-order valence-corrected chi connectivity index (χ0v) is 13.2. The Bertz CT molecular complexity index is 770. The van der Waals surface area contributed by atoms with E-state index in [0.29, 0.717) is 6.54 Å². The van der Waals surface area contributed by atoms with Crippen molar-refractivity contribution >= 4 is 26.8 Å². The standard InChI is InChI=1S/C15H17BrN4/c1-9-13(10-5-3-4-6-11(10)18-9)14-15(16)20(2)12(19-14)7-8-17/h3-6,18H,7-8,17H2,1-2H3. The van der Waals surface area contributed by atoms with E-state index in [1.165, 1.54) is 5.39 Å². The molecule has 2 heterocycles. The topological polar surface area (TPSA) is 59.6 Å². The van der Waals surface area contributed by atoms with Gasteiger partial charge < -0.3 is 15.3 Å². The lowest BCUT2D eigenvalue weighted by Gasteiger charge is -2.00. The van der Waals surface area contributed by atoms with Crippen LogP contribution in [-0.2, 0) is 13.5 Å². The lowest BCUT2D eigenvalue weighted by atomic mass is 10.1. The molecule has 0 atom stereocenters. The summed E-state index contributed by atoms with van der Waals surface area (Å²) in [7, 11) is 2.01. The lowest BCUT2D eigenvalue weighted by molar-refractivity contribution is 0.767. The number of aryl methyl sites for hydroxylation is 1. The molecule has 0 aliphatic rings. The fourth-order valence-corrected chi connectivity index (χ4v) is 3.11. The van der Waals surface area contributed by atoms with Gasteiger partial charge in [0.25, 0.3) is 0 Å². The van der Waals surface area contributed by atoms with Crippen molar-refractivity contribution in [3.8, 4) is 11.3 Å². The molecule has 1 aromatic carbocycles. The Morgan fingerprint density at radius 3 is 2.85 bits per heavy atom. The summed E-state index contributed by atoms with van der Waals surface area (Å²) >= 11 is 3.66. The summed E-state index contributed by atoms with van der Waals surface area (Å²) in [5.41, 5.74) is 10.1. The van der Waals surface area contributed by atoms with Crippen LogP contribution < -0.4 is 5.73 Å². The van der Waals surface area contributed by atoms with Gasteiger partial charge in [-0.3, -0.25) is 0 Å². The van der Waals surface area contributed by atoms with E-state index in [0.717, 1.165) is 39.3 Å². The molecular weight excluding hydrogens is 316 g/mol. The number of para-hydroxylation sites is 1. The molecule has 0 bridgehead atoms. The van der Waals surface area contributed by atoms with Crippen LogP contribution in [0.3, 0.4) is 0 Å². The molecule has 5 heteroatoms. The summed E-state index contributed by atoms with van der Waals surface area (Å²) < 4.78 is 3.05. The maximum absolute atomic E-state index is 5.65. The maximum Gasteiger partial charge on any atom is 0.112 e. The number of nitrogens with zero attached hydrogens (tertiary/aromatic N) is 2. The van der Waals surface area contributed by atoms with Crippen LogP contribution in [-0.4, -0.2) is 21.1 Å². The maximum atomic E-state index is 5.65. The minimum atomic E-state index is 0.601. The highest BCUT2D eigenvalue weighted by Gasteiger charge is 2.19. The quantitative estimate of drug-likeness (QED) is 0.774. The Morgan fingerprint density at radius 1 is 1.35 bits per heavy atom. The predicted molar refractivity (Wildman–Crippen MR) is 85.7 cm³/mol. The van der Waals surface area contributed by atoms with Crippen molar-refractivity contribution in [1.82, 2.24) is 14.5 Å². The molecule has 3 rings (SSSR count). The van der Waals surface area contributed by atoms with Crippen molar-refractivity contribution in [2.45, 2.75) is 13.3 Å². The van der Waals surface area contributed by atoms with Gasteiger partial charge in [-0.1, -0.05) is 18.2 Å².